The second-order valence-electron chi connectivity index (χ2n) is 9.66. The zero-order chi connectivity index (χ0) is 27.5. The first-order valence-corrected chi connectivity index (χ1v) is 13.3. The highest BCUT2D eigenvalue weighted by molar-refractivity contribution is 5.96. The molecule has 0 N–H and O–H groups in total. The first-order valence-electron chi connectivity index (χ1n) is 13.3. The van der Waals surface area contributed by atoms with Crippen LogP contribution in [0.15, 0.2) is 65.3 Å². The second-order valence-corrected chi connectivity index (χ2v) is 9.66. The summed E-state index contributed by atoms with van der Waals surface area (Å²) in [7, 11) is 3.20. The molecule has 0 atom stereocenters. The van der Waals surface area contributed by atoms with Crippen LogP contribution in [0.1, 0.15) is 60.9 Å². The number of methoxy groups -OCH3 is 2. The Morgan fingerprint density at radius 2 is 1.63 bits per heavy atom. The van der Waals surface area contributed by atoms with E-state index in [1.54, 1.807) is 36.3 Å². The number of rotatable bonds is 14. The van der Waals surface area contributed by atoms with E-state index in [9.17, 15) is 9.59 Å². The van der Waals surface area contributed by atoms with Crippen molar-refractivity contribution in [3.05, 3.63) is 83.3 Å². The third-order valence-corrected chi connectivity index (χ3v) is 6.61. The Labute approximate surface area is 226 Å². The minimum atomic E-state index is -0.145. The van der Waals surface area contributed by atoms with Crippen molar-refractivity contribution >= 4 is 11.8 Å². The summed E-state index contributed by atoms with van der Waals surface area (Å²) in [4.78, 5) is 30.4. The van der Waals surface area contributed by atoms with Gasteiger partial charge in [0.05, 0.1) is 27.0 Å². The van der Waals surface area contributed by atoms with Crippen LogP contribution in [0.5, 0.6) is 11.5 Å². The van der Waals surface area contributed by atoms with Crippen LogP contribution in [0.25, 0.3) is 0 Å². The molecule has 7 nitrogen and oxygen atoms in total. The molecule has 204 valence electrons. The van der Waals surface area contributed by atoms with Crippen LogP contribution in [-0.2, 0) is 24.2 Å². The summed E-state index contributed by atoms with van der Waals surface area (Å²) in [5.74, 6) is 1.71. The van der Waals surface area contributed by atoms with E-state index in [0.29, 0.717) is 42.3 Å². The van der Waals surface area contributed by atoms with Gasteiger partial charge in [-0.2, -0.15) is 0 Å². The fourth-order valence-electron chi connectivity index (χ4n) is 4.28. The first kappa shape index (κ1) is 28.8. The minimum absolute atomic E-state index is 0.0132. The van der Waals surface area contributed by atoms with Gasteiger partial charge in [-0.1, -0.05) is 31.5 Å². The molecule has 0 spiro atoms. The number of hydrogen-bond donors (Lipinski definition) is 0. The average Bonchev–Trinajstić information content (AvgIpc) is 3.45. The first-order chi connectivity index (χ1) is 18.4. The predicted molar refractivity (Wildman–Crippen MR) is 149 cm³/mol. The van der Waals surface area contributed by atoms with Crippen molar-refractivity contribution in [1.82, 2.24) is 9.80 Å². The smallest absolute Gasteiger partial charge is 0.254 e. The van der Waals surface area contributed by atoms with Gasteiger partial charge in [0.25, 0.3) is 5.91 Å². The molecule has 2 aromatic carbocycles. The SMILES string of the molecule is CCCCc1ccc(C(=O)N(CC(=O)N(CCc2ccc(OC)c(OC)c2)Cc2ccco2)C(C)C)cc1. The van der Waals surface area contributed by atoms with Gasteiger partial charge in [0.1, 0.15) is 12.3 Å². The van der Waals surface area contributed by atoms with Gasteiger partial charge in [-0.3, -0.25) is 9.59 Å². The van der Waals surface area contributed by atoms with Gasteiger partial charge < -0.3 is 23.7 Å². The maximum Gasteiger partial charge on any atom is 0.254 e. The number of ether oxygens (including phenoxy) is 2. The Hall–Kier alpha value is -3.74. The van der Waals surface area contributed by atoms with Crippen LogP contribution >= 0.6 is 0 Å². The highest BCUT2D eigenvalue weighted by Gasteiger charge is 2.25. The lowest BCUT2D eigenvalue weighted by Crippen LogP contribution is -2.46. The van der Waals surface area contributed by atoms with E-state index in [2.05, 4.69) is 6.92 Å². The molecule has 0 fully saturated rings. The summed E-state index contributed by atoms with van der Waals surface area (Å²) in [6, 6.07) is 17.0. The van der Waals surface area contributed by atoms with Crippen molar-refractivity contribution in [2.45, 2.75) is 59.0 Å². The number of furan rings is 1. The summed E-state index contributed by atoms with van der Waals surface area (Å²) in [6.45, 7) is 6.80. The van der Waals surface area contributed by atoms with Gasteiger partial charge in [-0.15, -0.1) is 0 Å². The maximum absolute atomic E-state index is 13.6. The van der Waals surface area contributed by atoms with Crippen LogP contribution < -0.4 is 9.47 Å². The van der Waals surface area contributed by atoms with Crippen molar-refractivity contribution in [2.75, 3.05) is 27.3 Å². The normalized spacial score (nSPS) is 10.9. The number of amides is 2. The van der Waals surface area contributed by atoms with Crippen molar-refractivity contribution in [3.8, 4) is 11.5 Å². The molecular weight excluding hydrogens is 480 g/mol. The van der Waals surface area contributed by atoms with E-state index in [1.807, 2.05) is 62.4 Å². The molecule has 0 aliphatic carbocycles. The Balaban J connectivity index is 1.74. The maximum atomic E-state index is 13.6. The number of hydrogen-bond acceptors (Lipinski definition) is 5. The molecule has 3 rings (SSSR count). The van der Waals surface area contributed by atoms with Crippen LogP contribution in [0, 0.1) is 0 Å². The van der Waals surface area contributed by atoms with Gasteiger partial charge >= 0.3 is 0 Å². The lowest BCUT2D eigenvalue weighted by molar-refractivity contribution is -0.133. The third kappa shape index (κ3) is 7.88. The summed E-state index contributed by atoms with van der Waals surface area (Å²) in [6.07, 6.45) is 5.46. The molecule has 1 heterocycles. The Morgan fingerprint density at radius 1 is 0.921 bits per heavy atom. The lowest BCUT2D eigenvalue weighted by atomic mass is 10.1. The van der Waals surface area contributed by atoms with Gasteiger partial charge in [0.2, 0.25) is 5.91 Å². The van der Waals surface area contributed by atoms with Crippen LogP contribution in [0.4, 0.5) is 0 Å². The molecule has 1 aromatic heterocycles. The molecule has 0 bridgehead atoms. The Kier molecular flexibility index (Phi) is 10.8. The van der Waals surface area contributed by atoms with Gasteiger partial charge in [-0.25, -0.2) is 0 Å². The number of nitrogens with zero attached hydrogens (tertiary/aromatic N) is 2. The standard InChI is InChI=1S/C31H40N2O5/c1-6-7-9-24-11-14-26(15-12-24)31(35)33(23(2)3)22-30(34)32(21-27-10-8-19-38-27)18-17-25-13-16-28(36-4)29(20-25)37-5/h8,10-16,19-20,23H,6-7,9,17-18,21-22H2,1-5H3. The largest absolute Gasteiger partial charge is 0.493 e. The molecular formula is C31H40N2O5. The van der Waals surface area contributed by atoms with Crippen molar-refractivity contribution in [1.29, 1.82) is 0 Å². The average molecular weight is 521 g/mol. The van der Waals surface area contributed by atoms with E-state index in [0.717, 1.165) is 24.8 Å². The minimum Gasteiger partial charge on any atom is -0.493 e. The van der Waals surface area contributed by atoms with Gasteiger partial charge in [0, 0.05) is 18.2 Å². The van der Waals surface area contributed by atoms with Gasteiger partial charge in [0.15, 0.2) is 11.5 Å². The van der Waals surface area contributed by atoms with E-state index in [4.69, 9.17) is 13.9 Å². The Bertz CT molecular complexity index is 1160. The van der Waals surface area contributed by atoms with Crippen molar-refractivity contribution in [3.63, 3.8) is 0 Å². The number of aryl methyl sites for hydroxylation is 1. The lowest BCUT2D eigenvalue weighted by Gasteiger charge is -2.30. The molecule has 0 saturated carbocycles. The van der Waals surface area contributed by atoms with Crippen LogP contribution in [-0.4, -0.2) is 55.0 Å². The molecule has 38 heavy (non-hydrogen) atoms. The highest BCUT2D eigenvalue weighted by Crippen LogP contribution is 2.28. The third-order valence-electron chi connectivity index (χ3n) is 6.61. The van der Waals surface area contributed by atoms with Crippen LogP contribution in [0.3, 0.4) is 0 Å². The summed E-state index contributed by atoms with van der Waals surface area (Å²) in [5, 5.41) is 0. The summed E-state index contributed by atoms with van der Waals surface area (Å²) < 4.78 is 16.3. The number of unbranched alkanes of at least 4 members (excludes halogenated alkanes) is 1. The summed E-state index contributed by atoms with van der Waals surface area (Å²) in [5.41, 5.74) is 2.82. The zero-order valence-corrected chi connectivity index (χ0v) is 23.2. The second kappa shape index (κ2) is 14.3. The quantitative estimate of drug-likeness (QED) is 0.270. The van der Waals surface area contributed by atoms with Crippen molar-refractivity contribution < 1.29 is 23.5 Å². The number of carbonyl (C=O) groups excluding carboxylic acids is 2. The van der Waals surface area contributed by atoms with E-state index >= 15 is 0 Å². The number of carbonyl (C=O) groups is 2. The topological polar surface area (TPSA) is 72.2 Å². The molecule has 7 heteroatoms. The van der Waals surface area contributed by atoms with E-state index in [1.165, 1.54) is 5.56 Å². The Morgan fingerprint density at radius 3 is 2.24 bits per heavy atom. The molecule has 0 aliphatic heterocycles. The van der Waals surface area contributed by atoms with Crippen LogP contribution in [0.2, 0.25) is 0 Å². The fourth-order valence-corrected chi connectivity index (χ4v) is 4.28. The fraction of sp³-hybridized carbons (Fsp3) is 0.419. The monoisotopic (exact) mass is 520 g/mol. The van der Waals surface area contributed by atoms with E-state index in [-0.39, 0.29) is 24.4 Å². The van der Waals surface area contributed by atoms with Crippen molar-refractivity contribution in [2.24, 2.45) is 0 Å². The molecule has 0 unspecified atom stereocenters. The molecule has 0 aliphatic rings. The molecule has 0 saturated heterocycles. The predicted octanol–water partition coefficient (Wildman–Crippen LogP) is 5.76. The summed E-state index contributed by atoms with van der Waals surface area (Å²) >= 11 is 0. The number of benzene rings is 2. The van der Waals surface area contributed by atoms with Gasteiger partial charge in [-0.05, 0) is 80.6 Å². The molecule has 3 aromatic rings. The molecule has 0 radical (unpaired) electrons. The van der Waals surface area contributed by atoms with E-state index < -0.39 is 0 Å². The zero-order valence-electron chi connectivity index (χ0n) is 23.2. The highest BCUT2D eigenvalue weighted by atomic mass is 16.5. The molecule has 2 amide bonds.